The van der Waals surface area contributed by atoms with E-state index in [1.54, 1.807) is 36.4 Å². The number of aromatic nitrogens is 1. The van der Waals surface area contributed by atoms with Crippen molar-refractivity contribution in [3.8, 4) is 28.5 Å². The number of oxazole rings is 1. The molecule has 0 aliphatic rings. The molecule has 1 amide bonds. The van der Waals surface area contributed by atoms with Gasteiger partial charge in [0.2, 0.25) is 11.8 Å². The molecule has 0 aliphatic heterocycles. The van der Waals surface area contributed by atoms with E-state index >= 15 is 0 Å². The highest BCUT2D eigenvalue weighted by Crippen LogP contribution is 2.34. The lowest BCUT2D eigenvalue weighted by atomic mass is 10.1. The second kappa shape index (κ2) is 10.5. The summed E-state index contributed by atoms with van der Waals surface area (Å²) in [5, 5.41) is 16.8. The SMILES string of the molecule is Cc1cc(C)c2oc(-c3ccc(NC(=S)NC(=O)C=Cc4ccc(-c5ccc(Cl)cc5)o4)cc3O)nc2c1. The number of nitrogens with zero attached hydrogens (tertiary/aromatic N) is 1. The van der Waals surface area contributed by atoms with Gasteiger partial charge in [0.15, 0.2) is 10.7 Å². The summed E-state index contributed by atoms with van der Waals surface area (Å²) in [6.07, 6.45) is 2.86. The third kappa shape index (κ3) is 5.61. The normalized spacial score (nSPS) is 11.2. The zero-order valence-corrected chi connectivity index (χ0v) is 22.0. The van der Waals surface area contributed by atoms with E-state index in [-0.39, 0.29) is 10.9 Å². The van der Waals surface area contributed by atoms with Crippen molar-refractivity contribution in [2.24, 2.45) is 0 Å². The molecule has 3 N–H and O–H groups in total. The molecule has 9 heteroatoms. The number of carbonyl (C=O) groups is 1. The van der Waals surface area contributed by atoms with Crippen LogP contribution in [0.4, 0.5) is 5.69 Å². The fourth-order valence-electron chi connectivity index (χ4n) is 3.97. The lowest BCUT2D eigenvalue weighted by Gasteiger charge is -2.09. The van der Waals surface area contributed by atoms with E-state index in [1.165, 1.54) is 12.1 Å². The van der Waals surface area contributed by atoms with Crippen molar-refractivity contribution in [1.29, 1.82) is 0 Å². The van der Waals surface area contributed by atoms with Crippen LogP contribution in [-0.4, -0.2) is 21.1 Å². The van der Waals surface area contributed by atoms with Crippen LogP contribution in [0.3, 0.4) is 0 Å². The summed E-state index contributed by atoms with van der Waals surface area (Å²) in [7, 11) is 0. The molecule has 190 valence electrons. The van der Waals surface area contributed by atoms with Crippen LogP contribution in [0.5, 0.6) is 5.75 Å². The van der Waals surface area contributed by atoms with Crippen LogP contribution < -0.4 is 10.6 Å². The zero-order valence-electron chi connectivity index (χ0n) is 20.4. The molecule has 0 saturated carbocycles. The van der Waals surface area contributed by atoms with Crippen molar-refractivity contribution >= 4 is 57.7 Å². The summed E-state index contributed by atoms with van der Waals surface area (Å²) < 4.78 is 11.6. The minimum absolute atomic E-state index is 0.0423. The first kappa shape index (κ1) is 25.3. The maximum Gasteiger partial charge on any atom is 0.250 e. The van der Waals surface area contributed by atoms with Crippen LogP contribution in [0.25, 0.3) is 40.0 Å². The largest absolute Gasteiger partial charge is 0.507 e. The van der Waals surface area contributed by atoms with Gasteiger partial charge in [0.25, 0.3) is 0 Å². The number of aromatic hydroxyl groups is 1. The Labute approximate surface area is 228 Å². The van der Waals surface area contributed by atoms with E-state index < -0.39 is 5.91 Å². The molecule has 0 bridgehead atoms. The highest BCUT2D eigenvalue weighted by atomic mass is 35.5. The predicted octanol–water partition coefficient (Wildman–Crippen LogP) is 7.26. The molecule has 38 heavy (non-hydrogen) atoms. The Morgan fingerprint density at radius 1 is 1.03 bits per heavy atom. The third-order valence-electron chi connectivity index (χ3n) is 5.70. The number of rotatable bonds is 5. The number of benzene rings is 3. The number of thiocarbonyl (C=S) groups is 1. The molecule has 0 aliphatic carbocycles. The van der Waals surface area contributed by atoms with Crippen LogP contribution >= 0.6 is 23.8 Å². The Morgan fingerprint density at radius 2 is 1.82 bits per heavy atom. The third-order valence-corrected chi connectivity index (χ3v) is 6.15. The molecule has 0 spiro atoms. The Kier molecular flexibility index (Phi) is 7.00. The molecule has 2 aromatic heterocycles. The number of furan rings is 1. The van der Waals surface area contributed by atoms with Crippen LogP contribution in [0.2, 0.25) is 5.02 Å². The molecule has 0 saturated heterocycles. The first-order valence-corrected chi connectivity index (χ1v) is 12.4. The number of phenolic OH excluding ortho intramolecular Hbond substituents is 1. The monoisotopic (exact) mass is 543 g/mol. The molecule has 5 rings (SSSR count). The van der Waals surface area contributed by atoms with Crippen molar-refractivity contribution in [2.45, 2.75) is 13.8 Å². The number of nitrogens with one attached hydrogen (secondary N) is 2. The van der Waals surface area contributed by atoms with Crippen molar-refractivity contribution in [2.75, 3.05) is 5.32 Å². The van der Waals surface area contributed by atoms with Crippen LogP contribution in [0.1, 0.15) is 16.9 Å². The molecule has 0 radical (unpaired) electrons. The number of amides is 1. The van der Waals surface area contributed by atoms with Gasteiger partial charge in [0, 0.05) is 28.4 Å². The maximum atomic E-state index is 12.3. The first-order chi connectivity index (χ1) is 18.2. The minimum Gasteiger partial charge on any atom is -0.507 e. The van der Waals surface area contributed by atoms with E-state index in [0.29, 0.717) is 39.3 Å². The number of phenols is 1. The summed E-state index contributed by atoms with van der Waals surface area (Å²) >= 11 is 11.2. The standard InChI is InChI=1S/C29H22ClN3O4S/c1-16-13-17(2)27-23(14-16)32-28(37-27)22-10-7-20(15-24(22)34)31-29(38)33-26(35)12-9-21-8-11-25(36-21)18-3-5-19(30)6-4-18/h3-15,34H,1-2H3,(H2,31,33,35,38). The van der Waals surface area contributed by atoms with Crippen molar-refractivity contribution in [3.63, 3.8) is 0 Å². The first-order valence-electron chi connectivity index (χ1n) is 11.6. The second-order valence-electron chi connectivity index (χ2n) is 8.67. The van der Waals surface area contributed by atoms with E-state index in [4.69, 9.17) is 32.7 Å². The summed E-state index contributed by atoms with van der Waals surface area (Å²) in [5.41, 5.74) is 5.27. The molecule has 0 atom stereocenters. The van der Waals surface area contributed by atoms with Gasteiger partial charge in [0.1, 0.15) is 22.8 Å². The zero-order chi connectivity index (χ0) is 26.8. The van der Waals surface area contributed by atoms with Crippen LogP contribution in [-0.2, 0) is 4.79 Å². The van der Waals surface area contributed by atoms with Gasteiger partial charge in [-0.1, -0.05) is 17.7 Å². The van der Waals surface area contributed by atoms with E-state index in [9.17, 15) is 9.90 Å². The fourth-order valence-corrected chi connectivity index (χ4v) is 4.31. The number of carbonyl (C=O) groups excluding carboxylic acids is 1. The number of hydrogen-bond donors (Lipinski definition) is 3. The quantitative estimate of drug-likeness (QED) is 0.158. The maximum absolute atomic E-state index is 12.3. The van der Waals surface area contributed by atoms with Gasteiger partial charge in [-0.2, -0.15) is 0 Å². The highest BCUT2D eigenvalue weighted by Gasteiger charge is 2.15. The predicted molar refractivity (Wildman–Crippen MR) is 153 cm³/mol. The topological polar surface area (TPSA) is 101 Å². The lowest BCUT2D eigenvalue weighted by molar-refractivity contribution is -0.115. The van der Waals surface area contributed by atoms with E-state index in [2.05, 4.69) is 15.6 Å². The highest BCUT2D eigenvalue weighted by molar-refractivity contribution is 7.80. The van der Waals surface area contributed by atoms with Gasteiger partial charge >= 0.3 is 0 Å². The minimum atomic E-state index is -0.440. The fraction of sp³-hybridized carbons (Fsp3) is 0.0690. The Morgan fingerprint density at radius 3 is 2.58 bits per heavy atom. The smallest absolute Gasteiger partial charge is 0.250 e. The molecule has 7 nitrogen and oxygen atoms in total. The van der Waals surface area contributed by atoms with E-state index in [0.717, 1.165) is 22.2 Å². The molecular weight excluding hydrogens is 522 g/mol. The van der Waals surface area contributed by atoms with Gasteiger partial charge in [-0.25, -0.2) is 4.98 Å². The van der Waals surface area contributed by atoms with Gasteiger partial charge in [-0.05, 0) is 97.9 Å². The number of halogens is 1. The van der Waals surface area contributed by atoms with Crippen molar-refractivity contribution < 1.29 is 18.7 Å². The molecule has 5 aromatic rings. The lowest BCUT2D eigenvalue weighted by Crippen LogP contribution is -2.32. The Balaban J connectivity index is 1.20. The van der Waals surface area contributed by atoms with Crippen molar-refractivity contribution in [1.82, 2.24) is 10.3 Å². The Bertz CT molecular complexity index is 1700. The summed E-state index contributed by atoms with van der Waals surface area (Å²) in [4.78, 5) is 16.8. The Hall–Kier alpha value is -4.40. The number of fused-ring (bicyclic) bond motifs is 1. The summed E-state index contributed by atoms with van der Waals surface area (Å²) in [6.45, 7) is 3.95. The average Bonchev–Trinajstić information content (AvgIpc) is 3.51. The molecule has 0 unspecified atom stereocenters. The summed E-state index contributed by atoms with van der Waals surface area (Å²) in [6, 6.07) is 19.6. The molecule has 3 aromatic carbocycles. The van der Waals surface area contributed by atoms with Gasteiger partial charge in [-0.3, -0.25) is 10.1 Å². The molecule has 0 fully saturated rings. The number of anilines is 1. The molecule has 2 heterocycles. The van der Waals surface area contributed by atoms with Gasteiger partial charge in [0.05, 0.1) is 5.56 Å². The van der Waals surface area contributed by atoms with Gasteiger partial charge in [-0.15, -0.1) is 0 Å². The van der Waals surface area contributed by atoms with Crippen LogP contribution in [0, 0.1) is 13.8 Å². The van der Waals surface area contributed by atoms with Crippen molar-refractivity contribution in [3.05, 3.63) is 94.7 Å². The second-order valence-corrected chi connectivity index (χ2v) is 9.51. The summed E-state index contributed by atoms with van der Waals surface area (Å²) in [5.74, 6) is 0.999. The average molecular weight is 544 g/mol. The number of aryl methyl sites for hydroxylation is 2. The van der Waals surface area contributed by atoms with E-state index in [1.807, 2.05) is 44.2 Å². The molecular formula is C29H22ClN3O4S. The van der Waals surface area contributed by atoms with Crippen LogP contribution in [0.15, 0.2) is 81.6 Å². The van der Waals surface area contributed by atoms with Gasteiger partial charge < -0.3 is 19.3 Å². The number of hydrogen-bond acceptors (Lipinski definition) is 6.